The second-order valence-electron chi connectivity index (χ2n) is 7.92. The highest BCUT2D eigenvalue weighted by Gasteiger charge is 2.35. The molecule has 2 aromatic heterocycles. The number of nitrogens with zero attached hydrogens (tertiary/aromatic N) is 3. The zero-order valence-corrected chi connectivity index (χ0v) is 20.7. The number of anilines is 1. The second kappa shape index (κ2) is 9.40. The number of aryl methyl sites for hydroxylation is 1. The molecule has 1 atom stereocenters. The molecule has 6 nitrogen and oxygen atoms in total. The van der Waals surface area contributed by atoms with Gasteiger partial charge in [0, 0.05) is 11.4 Å². The van der Waals surface area contributed by atoms with E-state index >= 15 is 0 Å². The standard InChI is InChI=1S/C26H24N4O2S2/c1-4-17-8-5-10-19(14-17)30-16(2)22(25-28-24(29-32-25)21-12-7-13-34-21)23(27-26(30)33)18-9-6-11-20(15-18)31-3/h5-15,23H,4H2,1-3H3,(H,27,33). The summed E-state index contributed by atoms with van der Waals surface area (Å²) in [5.74, 6) is 1.80. The molecule has 0 bridgehead atoms. The van der Waals surface area contributed by atoms with Crippen molar-refractivity contribution >= 4 is 39.9 Å². The van der Waals surface area contributed by atoms with E-state index in [1.165, 1.54) is 5.56 Å². The molecule has 172 valence electrons. The summed E-state index contributed by atoms with van der Waals surface area (Å²) in [4.78, 5) is 7.76. The number of rotatable bonds is 6. The van der Waals surface area contributed by atoms with Crippen molar-refractivity contribution in [3.8, 4) is 16.5 Å². The fourth-order valence-electron chi connectivity index (χ4n) is 4.16. The summed E-state index contributed by atoms with van der Waals surface area (Å²) < 4.78 is 11.3. The molecule has 34 heavy (non-hydrogen) atoms. The molecule has 0 amide bonds. The predicted molar refractivity (Wildman–Crippen MR) is 140 cm³/mol. The summed E-state index contributed by atoms with van der Waals surface area (Å²) in [6.07, 6.45) is 0.942. The zero-order chi connectivity index (χ0) is 23.7. The van der Waals surface area contributed by atoms with Gasteiger partial charge in [0.2, 0.25) is 5.82 Å². The van der Waals surface area contributed by atoms with Crippen LogP contribution in [-0.2, 0) is 6.42 Å². The van der Waals surface area contributed by atoms with E-state index in [0.29, 0.717) is 16.8 Å². The second-order valence-corrected chi connectivity index (χ2v) is 9.25. The highest BCUT2D eigenvalue weighted by molar-refractivity contribution is 7.80. The van der Waals surface area contributed by atoms with Gasteiger partial charge in [-0.1, -0.05) is 42.4 Å². The van der Waals surface area contributed by atoms with Gasteiger partial charge in [-0.2, -0.15) is 4.98 Å². The van der Waals surface area contributed by atoms with E-state index < -0.39 is 0 Å². The topological polar surface area (TPSA) is 63.4 Å². The van der Waals surface area contributed by atoms with Crippen LogP contribution < -0.4 is 15.0 Å². The highest BCUT2D eigenvalue weighted by Crippen LogP contribution is 2.40. The van der Waals surface area contributed by atoms with Crippen LogP contribution in [0, 0.1) is 0 Å². The lowest BCUT2D eigenvalue weighted by Crippen LogP contribution is -2.46. The third-order valence-electron chi connectivity index (χ3n) is 5.89. The first-order valence-corrected chi connectivity index (χ1v) is 12.3. The molecule has 0 spiro atoms. The van der Waals surface area contributed by atoms with Crippen LogP contribution in [0.15, 0.2) is 76.3 Å². The minimum atomic E-state index is -0.273. The third kappa shape index (κ3) is 4.10. The number of allylic oxidation sites excluding steroid dienone is 1. The molecule has 8 heteroatoms. The molecule has 2 aromatic carbocycles. The van der Waals surface area contributed by atoms with Gasteiger partial charge < -0.3 is 14.6 Å². The molecular formula is C26H24N4O2S2. The van der Waals surface area contributed by atoms with Gasteiger partial charge in [-0.3, -0.25) is 4.90 Å². The quantitative estimate of drug-likeness (QED) is 0.323. The Hall–Kier alpha value is -3.49. The van der Waals surface area contributed by atoms with Gasteiger partial charge in [-0.25, -0.2) is 0 Å². The number of benzene rings is 2. The van der Waals surface area contributed by atoms with Gasteiger partial charge in [0.25, 0.3) is 5.89 Å². The van der Waals surface area contributed by atoms with E-state index in [4.69, 9.17) is 26.5 Å². The van der Waals surface area contributed by atoms with Crippen LogP contribution in [0.5, 0.6) is 5.75 Å². The fraction of sp³-hybridized carbons (Fsp3) is 0.192. The van der Waals surface area contributed by atoms with Crippen molar-refractivity contribution in [2.45, 2.75) is 26.3 Å². The van der Waals surface area contributed by atoms with Crippen molar-refractivity contribution in [2.75, 3.05) is 12.0 Å². The lowest BCUT2D eigenvalue weighted by atomic mass is 9.94. The number of hydrogen-bond donors (Lipinski definition) is 1. The minimum Gasteiger partial charge on any atom is -0.497 e. The maximum absolute atomic E-state index is 5.86. The van der Waals surface area contributed by atoms with Crippen molar-refractivity contribution in [3.63, 3.8) is 0 Å². The van der Waals surface area contributed by atoms with E-state index in [-0.39, 0.29) is 6.04 Å². The van der Waals surface area contributed by atoms with Crippen LogP contribution in [0.3, 0.4) is 0 Å². The summed E-state index contributed by atoms with van der Waals surface area (Å²) >= 11 is 7.44. The van der Waals surface area contributed by atoms with Crippen molar-refractivity contribution in [1.82, 2.24) is 15.5 Å². The molecule has 0 fully saturated rings. The van der Waals surface area contributed by atoms with Gasteiger partial charge in [-0.05, 0) is 72.4 Å². The molecule has 0 radical (unpaired) electrons. The molecule has 0 saturated heterocycles. The van der Waals surface area contributed by atoms with Gasteiger partial charge in [-0.15, -0.1) is 11.3 Å². The Bertz CT molecular complexity index is 1360. The monoisotopic (exact) mass is 488 g/mol. The fourth-order valence-corrected chi connectivity index (χ4v) is 5.17. The molecule has 1 aliphatic heterocycles. The molecular weight excluding hydrogens is 464 g/mol. The third-order valence-corrected chi connectivity index (χ3v) is 7.05. The van der Waals surface area contributed by atoms with Crippen molar-refractivity contribution in [2.24, 2.45) is 0 Å². The van der Waals surface area contributed by atoms with E-state index in [9.17, 15) is 0 Å². The average molecular weight is 489 g/mol. The summed E-state index contributed by atoms with van der Waals surface area (Å²) in [5.41, 5.74) is 5.04. The summed E-state index contributed by atoms with van der Waals surface area (Å²) in [7, 11) is 1.66. The average Bonchev–Trinajstić information content (AvgIpc) is 3.56. The molecule has 3 heterocycles. The van der Waals surface area contributed by atoms with Crippen molar-refractivity contribution < 1.29 is 9.26 Å². The zero-order valence-electron chi connectivity index (χ0n) is 19.1. The number of hydrogen-bond acceptors (Lipinski definition) is 6. The maximum Gasteiger partial charge on any atom is 0.258 e. The Balaban J connectivity index is 1.67. The van der Waals surface area contributed by atoms with Gasteiger partial charge in [0.1, 0.15) is 5.75 Å². The smallest absolute Gasteiger partial charge is 0.258 e. The lowest BCUT2D eigenvalue weighted by molar-refractivity contribution is 0.403. The summed E-state index contributed by atoms with van der Waals surface area (Å²) in [6, 6.07) is 20.0. The highest BCUT2D eigenvalue weighted by atomic mass is 32.1. The number of thiophene rings is 1. The number of ether oxygens (including phenoxy) is 1. The van der Waals surface area contributed by atoms with Crippen LogP contribution in [0.25, 0.3) is 16.3 Å². The molecule has 4 aromatic rings. The first-order chi connectivity index (χ1) is 16.6. The predicted octanol–water partition coefficient (Wildman–Crippen LogP) is 6.24. The van der Waals surface area contributed by atoms with Crippen LogP contribution in [0.1, 0.15) is 36.9 Å². The lowest BCUT2D eigenvalue weighted by Gasteiger charge is -2.37. The normalized spacial score (nSPS) is 16.0. The van der Waals surface area contributed by atoms with Gasteiger partial charge >= 0.3 is 0 Å². The van der Waals surface area contributed by atoms with Crippen molar-refractivity contribution in [1.29, 1.82) is 0 Å². The largest absolute Gasteiger partial charge is 0.497 e. The van der Waals surface area contributed by atoms with E-state index in [2.05, 4.69) is 41.7 Å². The van der Waals surface area contributed by atoms with Gasteiger partial charge in [0.05, 0.1) is 23.6 Å². The number of nitrogens with one attached hydrogen (secondary N) is 1. The van der Waals surface area contributed by atoms with Crippen molar-refractivity contribution in [3.05, 3.63) is 88.8 Å². The Morgan fingerprint density at radius 1 is 1.15 bits per heavy atom. The Morgan fingerprint density at radius 2 is 2.00 bits per heavy atom. The van der Waals surface area contributed by atoms with Gasteiger partial charge in [0.15, 0.2) is 5.11 Å². The van der Waals surface area contributed by atoms with Crippen LogP contribution in [0.2, 0.25) is 0 Å². The molecule has 5 rings (SSSR count). The molecule has 1 unspecified atom stereocenters. The first kappa shape index (κ1) is 22.3. The Kier molecular flexibility index (Phi) is 6.17. The maximum atomic E-state index is 5.86. The summed E-state index contributed by atoms with van der Waals surface area (Å²) in [5, 5.41) is 10.4. The first-order valence-electron chi connectivity index (χ1n) is 11.0. The number of aromatic nitrogens is 2. The minimum absolute atomic E-state index is 0.273. The summed E-state index contributed by atoms with van der Waals surface area (Å²) in [6.45, 7) is 4.19. The molecule has 1 N–H and O–H groups in total. The Labute approximate surface area is 207 Å². The van der Waals surface area contributed by atoms with E-state index in [1.54, 1.807) is 18.4 Å². The van der Waals surface area contributed by atoms with Crippen LogP contribution in [0.4, 0.5) is 5.69 Å². The number of thiocarbonyl (C=S) groups is 1. The Morgan fingerprint density at radius 3 is 2.76 bits per heavy atom. The SMILES string of the molecule is CCc1cccc(N2C(=S)NC(c3cccc(OC)c3)C(c3nc(-c4cccs4)no3)=C2C)c1. The van der Waals surface area contributed by atoms with Crippen LogP contribution in [-0.4, -0.2) is 22.4 Å². The van der Waals surface area contributed by atoms with E-state index in [0.717, 1.165) is 39.6 Å². The van der Waals surface area contributed by atoms with Crippen LogP contribution >= 0.6 is 23.6 Å². The molecule has 0 aliphatic carbocycles. The number of methoxy groups -OCH3 is 1. The van der Waals surface area contributed by atoms with E-state index in [1.807, 2.05) is 53.6 Å². The molecule has 0 saturated carbocycles. The molecule has 1 aliphatic rings.